The standard InChI is InChI=1S/C16H22F2N2O3S/c1-3-20(13-5-6-14(17)15(18)11-13)16(21)12-7-9-19(10-8-12)24(22,23)4-2/h5-6,11-12H,3-4,7-10H2,1-2H3. The van der Waals surface area contributed by atoms with Crippen LogP contribution in [-0.4, -0.2) is 44.0 Å². The van der Waals surface area contributed by atoms with Crippen LogP contribution < -0.4 is 4.90 Å². The minimum Gasteiger partial charge on any atom is -0.312 e. The summed E-state index contributed by atoms with van der Waals surface area (Å²) in [5, 5.41) is 0. The van der Waals surface area contributed by atoms with Gasteiger partial charge in [-0.2, -0.15) is 0 Å². The monoisotopic (exact) mass is 360 g/mol. The van der Waals surface area contributed by atoms with Crippen molar-refractivity contribution in [2.75, 3.05) is 30.3 Å². The normalized spacial score (nSPS) is 17.0. The second-order valence-electron chi connectivity index (χ2n) is 5.75. The summed E-state index contributed by atoms with van der Waals surface area (Å²) in [5.74, 6) is -2.41. The number of amides is 1. The number of carbonyl (C=O) groups excluding carboxylic acids is 1. The van der Waals surface area contributed by atoms with Crippen molar-refractivity contribution in [3.63, 3.8) is 0 Å². The van der Waals surface area contributed by atoms with E-state index in [1.165, 1.54) is 15.3 Å². The molecule has 1 aliphatic heterocycles. The second kappa shape index (κ2) is 7.57. The molecule has 1 amide bonds. The maximum Gasteiger partial charge on any atom is 0.230 e. The summed E-state index contributed by atoms with van der Waals surface area (Å²) in [6.45, 7) is 4.30. The molecule has 1 aromatic rings. The fourth-order valence-electron chi connectivity index (χ4n) is 2.90. The fourth-order valence-corrected chi connectivity index (χ4v) is 4.03. The van der Waals surface area contributed by atoms with E-state index in [0.717, 1.165) is 12.1 Å². The molecule has 24 heavy (non-hydrogen) atoms. The number of hydrogen-bond donors (Lipinski definition) is 0. The lowest BCUT2D eigenvalue weighted by atomic mass is 9.96. The summed E-state index contributed by atoms with van der Waals surface area (Å²) in [4.78, 5) is 14.1. The van der Waals surface area contributed by atoms with E-state index in [1.54, 1.807) is 13.8 Å². The van der Waals surface area contributed by atoms with E-state index in [0.29, 0.717) is 38.2 Å². The van der Waals surface area contributed by atoms with Crippen LogP contribution in [0.15, 0.2) is 18.2 Å². The lowest BCUT2D eigenvalue weighted by Gasteiger charge is -2.33. The topological polar surface area (TPSA) is 57.7 Å². The molecule has 8 heteroatoms. The Kier molecular flexibility index (Phi) is 5.92. The number of carbonyl (C=O) groups is 1. The highest BCUT2D eigenvalue weighted by atomic mass is 32.2. The smallest absolute Gasteiger partial charge is 0.230 e. The molecule has 5 nitrogen and oxygen atoms in total. The van der Waals surface area contributed by atoms with Gasteiger partial charge in [-0.05, 0) is 38.8 Å². The average Bonchev–Trinajstić information content (AvgIpc) is 2.58. The molecule has 0 spiro atoms. The highest BCUT2D eigenvalue weighted by molar-refractivity contribution is 7.89. The van der Waals surface area contributed by atoms with Crippen LogP contribution in [0.2, 0.25) is 0 Å². The zero-order valence-corrected chi connectivity index (χ0v) is 14.7. The van der Waals surface area contributed by atoms with Gasteiger partial charge in [-0.15, -0.1) is 0 Å². The van der Waals surface area contributed by atoms with Crippen LogP contribution in [0.5, 0.6) is 0 Å². The number of benzene rings is 1. The van der Waals surface area contributed by atoms with Gasteiger partial charge >= 0.3 is 0 Å². The Morgan fingerprint density at radius 3 is 2.33 bits per heavy atom. The third-order valence-corrected chi connectivity index (χ3v) is 6.24. The number of anilines is 1. The SMILES string of the molecule is CCN(C(=O)C1CCN(S(=O)(=O)CC)CC1)c1ccc(F)c(F)c1. The van der Waals surface area contributed by atoms with Gasteiger partial charge in [-0.3, -0.25) is 4.79 Å². The van der Waals surface area contributed by atoms with Gasteiger partial charge in [-0.25, -0.2) is 21.5 Å². The van der Waals surface area contributed by atoms with Gasteiger partial charge in [0.1, 0.15) is 0 Å². The first kappa shape index (κ1) is 18.8. The predicted molar refractivity (Wildman–Crippen MR) is 88.1 cm³/mol. The molecule has 1 saturated heterocycles. The molecular weight excluding hydrogens is 338 g/mol. The summed E-state index contributed by atoms with van der Waals surface area (Å²) in [7, 11) is -3.24. The zero-order chi connectivity index (χ0) is 17.9. The number of sulfonamides is 1. The van der Waals surface area contributed by atoms with E-state index >= 15 is 0 Å². The Labute approximate surface area is 141 Å². The fraction of sp³-hybridized carbons (Fsp3) is 0.562. The van der Waals surface area contributed by atoms with Gasteiger partial charge in [0.2, 0.25) is 15.9 Å². The van der Waals surface area contributed by atoms with Crippen LogP contribution in [-0.2, 0) is 14.8 Å². The molecule has 0 atom stereocenters. The molecule has 0 bridgehead atoms. The molecule has 0 aromatic heterocycles. The first-order valence-corrected chi connectivity index (χ1v) is 9.65. The van der Waals surface area contributed by atoms with Gasteiger partial charge in [0.25, 0.3) is 0 Å². The maximum atomic E-state index is 13.4. The lowest BCUT2D eigenvalue weighted by molar-refractivity contribution is -0.123. The Bertz CT molecular complexity index is 701. The van der Waals surface area contributed by atoms with Gasteiger partial charge in [0.05, 0.1) is 5.75 Å². The van der Waals surface area contributed by atoms with Crippen molar-refractivity contribution in [3.8, 4) is 0 Å². The molecular formula is C16H22F2N2O3S. The first-order chi connectivity index (χ1) is 11.3. The van der Waals surface area contributed by atoms with Crippen molar-refractivity contribution in [2.24, 2.45) is 5.92 Å². The number of nitrogens with zero attached hydrogens (tertiary/aromatic N) is 2. The molecule has 2 rings (SSSR count). The number of halogens is 2. The third kappa shape index (κ3) is 3.92. The predicted octanol–water partition coefficient (Wildman–Crippen LogP) is 2.38. The van der Waals surface area contributed by atoms with Crippen LogP contribution >= 0.6 is 0 Å². The highest BCUT2D eigenvalue weighted by Crippen LogP contribution is 2.25. The van der Waals surface area contributed by atoms with E-state index in [9.17, 15) is 22.0 Å². The first-order valence-electron chi connectivity index (χ1n) is 8.04. The largest absolute Gasteiger partial charge is 0.312 e. The Hall–Kier alpha value is -1.54. The molecule has 1 aliphatic rings. The summed E-state index contributed by atoms with van der Waals surface area (Å²) in [6, 6.07) is 3.38. The minimum atomic E-state index is -3.24. The number of hydrogen-bond acceptors (Lipinski definition) is 3. The van der Waals surface area contributed by atoms with Crippen LogP contribution in [0.3, 0.4) is 0 Å². The molecule has 0 radical (unpaired) electrons. The van der Waals surface area contributed by atoms with Crippen molar-refractivity contribution < 1.29 is 22.0 Å². The summed E-state index contributed by atoms with van der Waals surface area (Å²) < 4.78 is 51.6. The van der Waals surface area contributed by atoms with E-state index in [4.69, 9.17) is 0 Å². The molecule has 1 fully saturated rings. The van der Waals surface area contributed by atoms with Gasteiger partial charge < -0.3 is 4.90 Å². The molecule has 0 N–H and O–H groups in total. The molecule has 0 aliphatic carbocycles. The number of rotatable bonds is 5. The molecule has 1 aromatic carbocycles. The van der Waals surface area contributed by atoms with Crippen molar-refractivity contribution in [1.82, 2.24) is 4.31 Å². The van der Waals surface area contributed by atoms with Gasteiger partial charge in [0.15, 0.2) is 11.6 Å². The van der Waals surface area contributed by atoms with Crippen molar-refractivity contribution in [2.45, 2.75) is 26.7 Å². The van der Waals surface area contributed by atoms with Crippen LogP contribution in [0.4, 0.5) is 14.5 Å². The van der Waals surface area contributed by atoms with Crippen LogP contribution in [0.25, 0.3) is 0 Å². The quantitative estimate of drug-likeness (QED) is 0.810. The van der Waals surface area contributed by atoms with E-state index < -0.39 is 21.7 Å². The van der Waals surface area contributed by atoms with Crippen molar-refractivity contribution in [3.05, 3.63) is 29.8 Å². The van der Waals surface area contributed by atoms with E-state index in [-0.39, 0.29) is 17.6 Å². The average molecular weight is 360 g/mol. The maximum absolute atomic E-state index is 13.4. The Morgan fingerprint density at radius 1 is 1.21 bits per heavy atom. The highest BCUT2D eigenvalue weighted by Gasteiger charge is 2.32. The van der Waals surface area contributed by atoms with Crippen molar-refractivity contribution in [1.29, 1.82) is 0 Å². The Morgan fingerprint density at radius 2 is 1.83 bits per heavy atom. The van der Waals surface area contributed by atoms with Gasteiger partial charge in [0, 0.05) is 37.3 Å². The zero-order valence-electron chi connectivity index (χ0n) is 13.8. The lowest BCUT2D eigenvalue weighted by Crippen LogP contribution is -2.45. The summed E-state index contributed by atoms with van der Waals surface area (Å²) in [6.07, 6.45) is 0.858. The van der Waals surface area contributed by atoms with Crippen LogP contribution in [0.1, 0.15) is 26.7 Å². The third-order valence-electron chi connectivity index (χ3n) is 4.36. The number of piperidine rings is 1. The van der Waals surface area contributed by atoms with Gasteiger partial charge in [-0.1, -0.05) is 0 Å². The molecule has 134 valence electrons. The Balaban J connectivity index is 2.09. The van der Waals surface area contributed by atoms with E-state index in [1.807, 2.05) is 0 Å². The van der Waals surface area contributed by atoms with E-state index in [2.05, 4.69) is 0 Å². The molecule has 0 saturated carbocycles. The minimum absolute atomic E-state index is 0.0432. The van der Waals surface area contributed by atoms with Crippen molar-refractivity contribution >= 4 is 21.6 Å². The molecule has 1 heterocycles. The summed E-state index contributed by atoms with van der Waals surface area (Å²) in [5.41, 5.74) is 0.310. The van der Waals surface area contributed by atoms with Crippen LogP contribution in [0, 0.1) is 17.6 Å². The second-order valence-corrected chi connectivity index (χ2v) is 8.01. The summed E-state index contributed by atoms with van der Waals surface area (Å²) >= 11 is 0. The molecule has 0 unspecified atom stereocenters.